The van der Waals surface area contributed by atoms with E-state index in [1.54, 1.807) is 7.11 Å². The Bertz CT molecular complexity index is 729. The predicted octanol–water partition coefficient (Wildman–Crippen LogP) is 4.11. The molecule has 0 aromatic heterocycles. The zero-order valence-corrected chi connectivity index (χ0v) is 18.1. The molecule has 1 atom stereocenters. The first-order valence-electron chi connectivity index (χ1n) is 10.1. The van der Waals surface area contributed by atoms with Gasteiger partial charge in [0.15, 0.2) is 0 Å². The number of hydrazine groups is 1. The standard InChI is InChI=1S/C16H23N3O.C6H7N.C2H6/c1-19(12-13-6-4-3-5-7-13)15-8-14(11-18-17)9-16(10-15)20-2;7-6-4-2-1-3-5-6;1-2/h3-9,15,18H,10-12,17H2,1-2H3;1-5H,7H2;1-2H3. The molecule has 0 bridgehead atoms. The van der Waals surface area contributed by atoms with E-state index in [1.165, 1.54) is 11.1 Å². The summed E-state index contributed by atoms with van der Waals surface area (Å²) in [6, 6.07) is 20.3. The number of nitrogens with zero attached hydrogens (tertiary/aromatic N) is 1. The lowest BCUT2D eigenvalue weighted by Gasteiger charge is -2.29. The van der Waals surface area contributed by atoms with Crippen molar-refractivity contribution in [1.82, 2.24) is 10.3 Å². The van der Waals surface area contributed by atoms with Crippen LogP contribution in [-0.4, -0.2) is 31.6 Å². The number of para-hydroxylation sites is 1. The summed E-state index contributed by atoms with van der Waals surface area (Å²) in [6.45, 7) is 5.57. The summed E-state index contributed by atoms with van der Waals surface area (Å²) in [5.41, 5.74) is 11.4. The first-order chi connectivity index (χ1) is 14.1. The van der Waals surface area contributed by atoms with Gasteiger partial charge in [0.2, 0.25) is 0 Å². The normalized spacial score (nSPS) is 15.2. The van der Waals surface area contributed by atoms with Gasteiger partial charge < -0.3 is 10.5 Å². The Morgan fingerprint density at radius 1 is 1.03 bits per heavy atom. The summed E-state index contributed by atoms with van der Waals surface area (Å²) in [7, 11) is 3.86. The molecule has 5 nitrogen and oxygen atoms in total. The molecule has 0 amide bonds. The molecule has 158 valence electrons. The lowest BCUT2D eigenvalue weighted by molar-refractivity contribution is 0.215. The molecule has 0 spiro atoms. The van der Waals surface area contributed by atoms with Gasteiger partial charge >= 0.3 is 0 Å². The molecule has 5 N–H and O–H groups in total. The van der Waals surface area contributed by atoms with Gasteiger partial charge in [-0.05, 0) is 36.4 Å². The van der Waals surface area contributed by atoms with E-state index in [-0.39, 0.29) is 0 Å². The van der Waals surface area contributed by atoms with E-state index < -0.39 is 0 Å². The van der Waals surface area contributed by atoms with Gasteiger partial charge in [0.05, 0.1) is 12.9 Å². The molecular formula is C24H36N4O. The van der Waals surface area contributed by atoms with Gasteiger partial charge in [-0.1, -0.05) is 68.5 Å². The lowest BCUT2D eigenvalue weighted by Crippen LogP contribution is -2.33. The average molecular weight is 397 g/mol. The second kappa shape index (κ2) is 14.4. The van der Waals surface area contributed by atoms with Crippen molar-refractivity contribution in [3.63, 3.8) is 0 Å². The number of nitrogen functional groups attached to an aromatic ring is 1. The van der Waals surface area contributed by atoms with Gasteiger partial charge in [-0.3, -0.25) is 16.2 Å². The fourth-order valence-electron chi connectivity index (χ4n) is 2.92. The largest absolute Gasteiger partial charge is 0.501 e. The van der Waals surface area contributed by atoms with Crippen LogP contribution in [0.3, 0.4) is 0 Å². The van der Waals surface area contributed by atoms with Crippen LogP contribution in [0.25, 0.3) is 0 Å². The van der Waals surface area contributed by atoms with E-state index in [0.29, 0.717) is 12.6 Å². The summed E-state index contributed by atoms with van der Waals surface area (Å²) in [5, 5.41) is 0. The Balaban J connectivity index is 0.000000390. The van der Waals surface area contributed by atoms with Crippen molar-refractivity contribution in [2.24, 2.45) is 5.84 Å². The van der Waals surface area contributed by atoms with E-state index >= 15 is 0 Å². The SMILES string of the molecule is CC.COC1=CC(CNN)=CC(N(C)Cc2ccccc2)C1.Nc1ccccc1. The summed E-state index contributed by atoms with van der Waals surface area (Å²) in [6.07, 6.45) is 5.21. The van der Waals surface area contributed by atoms with E-state index in [0.717, 1.165) is 24.4 Å². The van der Waals surface area contributed by atoms with Crippen LogP contribution in [0.5, 0.6) is 0 Å². The molecule has 1 unspecified atom stereocenters. The molecule has 0 radical (unpaired) electrons. The Morgan fingerprint density at radius 3 is 2.10 bits per heavy atom. The molecule has 29 heavy (non-hydrogen) atoms. The zero-order chi connectivity index (χ0) is 21.5. The molecule has 0 fully saturated rings. The van der Waals surface area contributed by atoms with E-state index in [4.69, 9.17) is 16.3 Å². The Hall–Kier alpha value is -2.60. The Morgan fingerprint density at radius 2 is 1.62 bits per heavy atom. The zero-order valence-electron chi connectivity index (χ0n) is 18.1. The molecule has 1 aliphatic carbocycles. The van der Waals surface area contributed by atoms with Crippen molar-refractivity contribution in [1.29, 1.82) is 0 Å². The topological polar surface area (TPSA) is 76.5 Å². The van der Waals surface area contributed by atoms with Gasteiger partial charge in [0.25, 0.3) is 0 Å². The minimum atomic E-state index is 0.332. The number of anilines is 1. The van der Waals surface area contributed by atoms with Crippen LogP contribution < -0.4 is 17.0 Å². The maximum atomic E-state index is 5.42. The molecular weight excluding hydrogens is 360 g/mol. The molecule has 2 aromatic carbocycles. The molecule has 0 saturated carbocycles. The highest BCUT2D eigenvalue weighted by Gasteiger charge is 2.19. The number of benzene rings is 2. The molecule has 0 aliphatic heterocycles. The number of ether oxygens (including phenoxy) is 1. The fourth-order valence-corrected chi connectivity index (χ4v) is 2.92. The molecule has 3 rings (SSSR count). The third-order valence-electron chi connectivity index (χ3n) is 4.37. The maximum Gasteiger partial charge on any atom is 0.0977 e. The second-order valence-electron chi connectivity index (χ2n) is 6.52. The Labute approximate surface area is 176 Å². The van der Waals surface area contributed by atoms with Crippen LogP contribution in [0, 0.1) is 0 Å². The first-order valence-corrected chi connectivity index (χ1v) is 10.1. The van der Waals surface area contributed by atoms with E-state index in [2.05, 4.69) is 53.8 Å². The highest BCUT2D eigenvalue weighted by Crippen LogP contribution is 2.22. The monoisotopic (exact) mass is 396 g/mol. The van der Waals surface area contributed by atoms with Crippen LogP contribution >= 0.6 is 0 Å². The van der Waals surface area contributed by atoms with E-state index in [1.807, 2.05) is 50.2 Å². The predicted molar refractivity (Wildman–Crippen MR) is 124 cm³/mol. The van der Waals surface area contributed by atoms with Gasteiger partial charge in [-0.25, -0.2) is 0 Å². The molecule has 5 heteroatoms. The first kappa shape index (κ1) is 24.4. The number of rotatable bonds is 6. The van der Waals surface area contributed by atoms with Crippen molar-refractivity contribution < 1.29 is 4.74 Å². The van der Waals surface area contributed by atoms with Crippen molar-refractivity contribution in [3.05, 3.63) is 89.7 Å². The summed E-state index contributed by atoms with van der Waals surface area (Å²) < 4.78 is 5.42. The molecule has 1 aliphatic rings. The van der Waals surface area contributed by atoms with Crippen molar-refractivity contribution in [2.45, 2.75) is 32.9 Å². The van der Waals surface area contributed by atoms with Gasteiger partial charge in [-0.2, -0.15) is 0 Å². The number of methoxy groups -OCH3 is 1. The average Bonchev–Trinajstić information content (AvgIpc) is 2.77. The minimum absolute atomic E-state index is 0.332. The van der Waals surface area contributed by atoms with Gasteiger partial charge in [0, 0.05) is 31.2 Å². The van der Waals surface area contributed by atoms with Gasteiger partial charge in [-0.15, -0.1) is 0 Å². The van der Waals surface area contributed by atoms with E-state index in [9.17, 15) is 0 Å². The van der Waals surface area contributed by atoms with Crippen LogP contribution in [0.4, 0.5) is 5.69 Å². The number of hydrogen-bond donors (Lipinski definition) is 3. The van der Waals surface area contributed by atoms with Crippen LogP contribution in [-0.2, 0) is 11.3 Å². The van der Waals surface area contributed by atoms with Crippen molar-refractivity contribution >= 4 is 5.69 Å². The van der Waals surface area contributed by atoms with Crippen LogP contribution in [0.1, 0.15) is 25.8 Å². The fraction of sp³-hybridized carbons (Fsp3) is 0.333. The highest BCUT2D eigenvalue weighted by atomic mass is 16.5. The number of hydrogen-bond acceptors (Lipinski definition) is 5. The van der Waals surface area contributed by atoms with Crippen LogP contribution in [0.2, 0.25) is 0 Å². The quantitative estimate of drug-likeness (QED) is 0.389. The lowest BCUT2D eigenvalue weighted by atomic mass is 9.99. The number of nitrogens with two attached hydrogens (primary N) is 2. The summed E-state index contributed by atoms with van der Waals surface area (Å²) >= 11 is 0. The Kier molecular flexibility index (Phi) is 12.1. The summed E-state index contributed by atoms with van der Waals surface area (Å²) in [5.74, 6) is 6.42. The summed E-state index contributed by atoms with van der Waals surface area (Å²) in [4.78, 5) is 2.33. The number of nitrogens with one attached hydrogen (secondary N) is 1. The minimum Gasteiger partial charge on any atom is -0.501 e. The smallest absolute Gasteiger partial charge is 0.0977 e. The van der Waals surface area contributed by atoms with Crippen molar-refractivity contribution in [3.8, 4) is 0 Å². The molecule has 0 heterocycles. The van der Waals surface area contributed by atoms with Crippen LogP contribution in [0.15, 0.2) is 84.1 Å². The highest BCUT2D eigenvalue weighted by molar-refractivity contribution is 5.36. The van der Waals surface area contributed by atoms with Crippen molar-refractivity contribution in [2.75, 3.05) is 26.4 Å². The molecule has 2 aromatic rings. The third-order valence-corrected chi connectivity index (χ3v) is 4.37. The molecule has 0 saturated heterocycles. The third kappa shape index (κ3) is 9.43. The number of likely N-dealkylation sites (N-methyl/N-ethyl adjacent to an activating group) is 1. The maximum absolute atomic E-state index is 5.42. The second-order valence-corrected chi connectivity index (χ2v) is 6.52. The van der Waals surface area contributed by atoms with Gasteiger partial charge in [0.1, 0.15) is 0 Å².